The first-order valence-electron chi connectivity index (χ1n) is 12.7. The van der Waals surface area contributed by atoms with Crippen LogP contribution in [0.25, 0.3) is 21.1 Å². The van der Waals surface area contributed by atoms with Gasteiger partial charge >= 0.3 is 0 Å². The first-order chi connectivity index (χ1) is 17.0. The Balaban J connectivity index is 1.35. The summed E-state index contributed by atoms with van der Waals surface area (Å²) in [6.45, 7) is 8.36. The van der Waals surface area contributed by atoms with Crippen molar-refractivity contribution in [1.82, 2.24) is 20.4 Å². The molecule has 2 aromatic carbocycles. The Hall–Kier alpha value is -2.77. The molecule has 0 spiro atoms. The van der Waals surface area contributed by atoms with E-state index < -0.39 is 0 Å². The average Bonchev–Trinajstić information content (AvgIpc) is 3.56. The Bertz CT molecular complexity index is 1200. The molecule has 1 fully saturated rings. The summed E-state index contributed by atoms with van der Waals surface area (Å²) < 4.78 is 5.88. The van der Waals surface area contributed by atoms with E-state index in [9.17, 15) is 4.79 Å². The number of aryl methyl sites for hydroxylation is 1. The molecule has 184 valence electrons. The Labute approximate surface area is 211 Å². The van der Waals surface area contributed by atoms with Gasteiger partial charge in [0.1, 0.15) is 15.8 Å². The topological polar surface area (TPSA) is 67.4 Å². The quantitative estimate of drug-likeness (QED) is 0.470. The van der Waals surface area contributed by atoms with E-state index in [0.29, 0.717) is 6.54 Å². The van der Waals surface area contributed by atoms with Gasteiger partial charge in [-0.3, -0.25) is 4.79 Å². The molecule has 7 heteroatoms. The molecule has 1 aliphatic heterocycles. The summed E-state index contributed by atoms with van der Waals surface area (Å²) in [6, 6.07) is 12.9. The summed E-state index contributed by atoms with van der Waals surface area (Å²) >= 11 is 1.63. The van der Waals surface area contributed by atoms with E-state index in [2.05, 4.69) is 52.8 Å². The van der Waals surface area contributed by atoms with E-state index in [1.807, 2.05) is 24.8 Å². The number of carbonyl (C=O) groups excluding carboxylic acids is 1. The van der Waals surface area contributed by atoms with Gasteiger partial charge in [-0.25, -0.2) is 0 Å². The molecular weight excluding hydrogens is 456 g/mol. The summed E-state index contributed by atoms with van der Waals surface area (Å²) in [5.74, 6) is 1.13. The van der Waals surface area contributed by atoms with Crippen LogP contribution < -0.4 is 10.1 Å². The van der Waals surface area contributed by atoms with E-state index >= 15 is 0 Å². The van der Waals surface area contributed by atoms with Crippen molar-refractivity contribution in [2.75, 3.05) is 19.6 Å². The van der Waals surface area contributed by atoms with Gasteiger partial charge in [-0.05, 0) is 87.8 Å². The Morgan fingerprint density at radius 3 is 2.71 bits per heavy atom. The summed E-state index contributed by atoms with van der Waals surface area (Å²) in [4.78, 5) is 14.5. The second-order valence-electron chi connectivity index (χ2n) is 9.85. The van der Waals surface area contributed by atoms with Crippen LogP contribution in [-0.4, -0.2) is 46.7 Å². The van der Waals surface area contributed by atoms with Crippen LogP contribution in [-0.2, 0) is 11.2 Å². The van der Waals surface area contributed by atoms with Crippen molar-refractivity contribution in [3.63, 3.8) is 0 Å². The van der Waals surface area contributed by atoms with Crippen molar-refractivity contribution in [3.05, 3.63) is 53.1 Å². The lowest BCUT2D eigenvalue weighted by atomic mass is 9.85. The molecule has 5 rings (SSSR count). The molecule has 35 heavy (non-hydrogen) atoms. The lowest BCUT2D eigenvalue weighted by Crippen LogP contribution is -2.38. The first kappa shape index (κ1) is 23.9. The van der Waals surface area contributed by atoms with E-state index in [1.165, 1.54) is 16.7 Å². The molecule has 1 aromatic heterocycles. The van der Waals surface area contributed by atoms with Gasteiger partial charge in [0.25, 0.3) is 0 Å². The third-order valence-electron chi connectivity index (χ3n) is 6.91. The maximum atomic E-state index is 12.6. The maximum absolute atomic E-state index is 12.6. The molecule has 3 aromatic rings. The monoisotopic (exact) mass is 490 g/mol. The molecule has 2 heterocycles. The van der Waals surface area contributed by atoms with Crippen LogP contribution in [0.15, 0.2) is 36.4 Å². The molecule has 2 aliphatic rings. The predicted octanol–water partition coefficient (Wildman–Crippen LogP) is 5.56. The minimum atomic E-state index is 0.147. The van der Waals surface area contributed by atoms with Crippen molar-refractivity contribution in [1.29, 1.82) is 0 Å². The molecule has 1 atom stereocenters. The van der Waals surface area contributed by atoms with Crippen molar-refractivity contribution >= 4 is 17.2 Å². The fourth-order valence-electron chi connectivity index (χ4n) is 5.17. The number of fused-ring (bicyclic) bond motifs is 1. The van der Waals surface area contributed by atoms with Crippen molar-refractivity contribution in [2.45, 2.75) is 65.0 Å². The number of ether oxygens (including phenoxy) is 1. The maximum Gasteiger partial charge on any atom is 0.236 e. The van der Waals surface area contributed by atoms with Crippen molar-refractivity contribution in [2.24, 2.45) is 0 Å². The molecule has 0 unspecified atom stereocenters. The smallest absolute Gasteiger partial charge is 0.236 e. The van der Waals surface area contributed by atoms with Crippen LogP contribution in [0.3, 0.4) is 0 Å². The molecule has 0 radical (unpaired) electrons. The van der Waals surface area contributed by atoms with Crippen LogP contribution in [0.5, 0.6) is 5.75 Å². The highest BCUT2D eigenvalue weighted by Crippen LogP contribution is 2.39. The summed E-state index contributed by atoms with van der Waals surface area (Å²) in [5, 5.41) is 14.5. The third kappa shape index (κ3) is 5.26. The Morgan fingerprint density at radius 1 is 1.14 bits per heavy atom. The van der Waals surface area contributed by atoms with E-state index in [1.54, 1.807) is 11.3 Å². The molecule has 0 bridgehead atoms. The first-order valence-corrected chi connectivity index (χ1v) is 13.6. The number of nitrogens with zero attached hydrogens (tertiary/aromatic N) is 3. The van der Waals surface area contributed by atoms with Crippen LogP contribution in [0.2, 0.25) is 0 Å². The lowest BCUT2D eigenvalue weighted by Gasteiger charge is -2.28. The molecule has 1 saturated heterocycles. The Morgan fingerprint density at radius 2 is 1.94 bits per heavy atom. The lowest BCUT2D eigenvalue weighted by molar-refractivity contribution is -0.129. The Kier molecular flexibility index (Phi) is 7.16. The van der Waals surface area contributed by atoms with E-state index in [0.717, 1.165) is 72.1 Å². The second-order valence-corrected chi connectivity index (χ2v) is 10.8. The number of hydrogen-bond acceptors (Lipinski definition) is 6. The van der Waals surface area contributed by atoms with Gasteiger partial charge in [-0.2, -0.15) is 0 Å². The number of hydrogen-bond donors (Lipinski definition) is 1. The van der Waals surface area contributed by atoms with Crippen LogP contribution in [0, 0.1) is 6.92 Å². The number of amides is 1. The number of benzene rings is 2. The predicted molar refractivity (Wildman–Crippen MR) is 141 cm³/mol. The van der Waals surface area contributed by atoms with Crippen molar-refractivity contribution < 1.29 is 9.53 Å². The fourth-order valence-corrected chi connectivity index (χ4v) is 6.06. The molecule has 1 N–H and O–H groups in total. The van der Waals surface area contributed by atoms with Gasteiger partial charge in [0, 0.05) is 30.3 Å². The minimum Gasteiger partial charge on any atom is -0.491 e. The zero-order chi connectivity index (χ0) is 24.4. The average molecular weight is 491 g/mol. The minimum absolute atomic E-state index is 0.147. The highest BCUT2D eigenvalue weighted by Gasteiger charge is 2.25. The number of aromatic nitrogens is 2. The van der Waals surface area contributed by atoms with Crippen LogP contribution >= 0.6 is 11.3 Å². The zero-order valence-electron chi connectivity index (χ0n) is 20.8. The fraction of sp³-hybridized carbons (Fsp3) is 0.464. The summed E-state index contributed by atoms with van der Waals surface area (Å²) in [7, 11) is 0. The van der Waals surface area contributed by atoms with Gasteiger partial charge in [0.05, 0.1) is 12.6 Å². The molecule has 1 aliphatic carbocycles. The highest BCUT2D eigenvalue weighted by molar-refractivity contribution is 7.17. The highest BCUT2D eigenvalue weighted by atomic mass is 32.1. The van der Waals surface area contributed by atoms with Crippen molar-refractivity contribution in [3.8, 4) is 26.9 Å². The van der Waals surface area contributed by atoms with Crippen LogP contribution in [0.1, 0.15) is 62.3 Å². The molecular formula is C28H34N4O2S. The molecule has 1 amide bonds. The molecule has 6 nitrogen and oxygen atoms in total. The number of likely N-dealkylation sites (tertiary alicyclic amines) is 1. The number of rotatable bonds is 7. The largest absolute Gasteiger partial charge is 0.491 e. The number of nitrogens with one attached hydrogen (secondary N) is 1. The van der Waals surface area contributed by atoms with Gasteiger partial charge in [0.2, 0.25) is 5.91 Å². The SMILES string of the molecule is Cc1cc(-c2nnc(-c3cccc4c3CCC[C@H]4NCC(=O)N3CCCC3)s2)ccc1OC(C)C. The summed E-state index contributed by atoms with van der Waals surface area (Å²) in [5.41, 5.74) is 5.96. The van der Waals surface area contributed by atoms with E-state index in [4.69, 9.17) is 4.74 Å². The zero-order valence-corrected chi connectivity index (χ0v) is 21.7. The van der Waals surface area contributed by atoms with Crippen LogP contribution in [0.4, 0.5) is 0 Å². The van der Waals surface area contributed by atoms with Gasteiger partial charge < -0.3 is 15.0 Å². The van der Waals surface area contributed by atoms with E-state index in [-0.39, 0.29) is 18.1 Å². The van der Waals surface area contributed by atoms with Gasteiger partial charge in [0.15, 0.2) is 0 Å². The second kappa shape index (κ2) is 10.5. The normalized spacial score (nSPS) is 17.6. The number of carbonyl (C=O) groups is 1. The molecule has 0 saturated carbocycles. The van der Waals surface area contributed by atoms with Gasteiger partial charge in [-0.1, -0.05) is 29.5 Å². The van der Waals surface area contributed by atoms with Gasteiger partial charge in [-0.15, -0.1) is 10.2 Å². The third-order valence-corrected chi connectivity index (χ3v) is 7.91. The summed E-state index contributed by atoms with van der Waals surface area (Å²) in [6.07, 6.45) is 5.57. The standard InChI is InChI=1S/C28H34N4O2S/c1-18(2)34-25-13-12-20(16-19(25)3)27-30-31-28(35-27)23-10-6-9-22-21(23)8-7-11-24(22)29-17-26(33)32-14-4-5-15-32/h6,9-10,12-13,16,18,24,29H,4-5,7-8,11,14-15,17H2,1-3H3/t24-/m1/s1.